The Kier molecular flexibility index (Phi) is 5.72. The second kappa shape index (κ2) is 9.11. The third-order valence-corrected chi connectivity index (χ3v) is 6.00. The molecule has 1 amide bonds. The number of fused-ring (bicyclic) bond motifs is 1. The van der Waals surface area contributed by atoms with Crippen LogP contribution in [0.2, 0.25) is 0 Å². The highest BCUT2D eigenvalue weighted by Crippen LogP contribution is 2.27. The molecule has 3 aromatic carbocycles. The van der Waals surface area contributed by atoms with Crippen LogP contribution in [-0.4, -0.2) is 26.4 Å². The number of aromatic nitrogens is 3. The van der Waals surface area contributed by atoms with Crippen molar-refractivity contribution in [3.63, 3.8) is 0 Å². The molecule has 7 heteroatoms. The minimum Gasteiger partial charge on any atom is -0.461 e. The van der Waals surface area contributed by atoms with Crippen LogP contribution >= 0.6 is 11.8 Å². The van der Waals surface area contributed by atoms with Crippen molar-refractivity contribution in [1.82, 2.24) is 14.8 Å². The highest BCUT2D eigenvalue weighted by molar-refractivity contribution is 7.99. The first-order valence-corrected chi connectivity index (χ1v) is 11.2. The Labute approximate surface area is 189 Å². The van der Waals surface area contributed by atoms with Gasteiger partial charge in [-0.05, 0) is 29.1 Å². The maximum Gasteiger partial charge on any atom is 0.234 e. The number of carbonyl (C=O) groups is 1. The van der Waals surface area contributed by atoms with Crippen molar-refractivity contribution in [2.75, 3.05) is 11.1 Å². The lowest BCUT2D eigenvalue weighted by molar-refractivity contribution is -0.113. The minimum atomic E-state index is -0.0971. The summed E-state index contributed by atoms with van der Waals surface area (Å²) < 4.78 is 7.52. The number of amides is 1. The van der Waals surface area contributed by atoms with E-state index in [0.29, 0.717) is 23.3 Å². The van der Waals surface area contributed by atoms with E-state index in [1.807, 2.05) is 89.5 Å². The van der Waals surface area contributed by atoms with Crippen LogP contribution in [0, 0.1) is 0 Å². The molecule has 5 rings (SSSR count). The van der Waals surface area contributed by atoms with Gasteiger partial charge in [0.1, 0.15) is 0 Å². The number of nitrogens with zero attached hydrogens (tertiary/aromatic N) is 3. The van der Waals surface area contributed by atoms with Crippen LogP contribution in [-0.2, 0) is 11.3 Å². The van der Waals surface area contributed by atoms with E-state index < -0.39 is 0 Å². The summed E-state index contributed by atoms with van der Waals surface area (Å²) in [6.45, 7) is 0.581. The zero-order valence-corrected chi connectivity index (χ0v) is 18.0. The number of anilines is 1. The molecule has 0 spiro atoms. The van der Waals surface area contributed by atoms with E-state index in [-0.39, 0.29) is 11.7 Å². The molecule has 0 saturated carbocycles. The molecule has 2 heterocycles. The first-order valence-electron chi connectivity index (χ1n) is 10.2. The highest BCUT2D eigenvalue weighted by atomic mass is 32.2. The standard InChI is InChI=1S/C25H20N4O2S/c30-23(26-21-13-6-11-19-10-4-5-12-20(19)21)17-32-25-28-27-24(22-14-7-15-31-22)29(25)16-18-8-2-1-3-9-18/h1-15H,16-17H2,(H,26,30). The number of thioether (sulfide) groups is 1. The van der Waals surface area contributed by atoms with Crippen LogP contribution in [0.4, 0.5) is 5.69 Å². The molecule has 0 aliphatic heterocycles. The van der Waals surface area contributed by atoms with Gasteiger partial charge in [0.15, 0.2) is 10.9 Å². The Morgan fingerprint density at radius 3 is 2.56 bits per heavy atom. The van der Waals surface area contributed by atoms with Crippen LogP contribution in [0.1, 0.15) is 5.56 Å². The van der Waals surface area contributed by atoms with Crippen LogP contribution in [0.15, 0.2) is 101 Å². The van der Waals surface area contributed by atoms with Crippen molar-refractivity contribution in [2.24, 2.45) is 0 Å². The number of hydrogen-bond donors (Lipinski definition) is 1. The second-order valence-corrected chi connectivity index (χ2v) is 8.16. The van der Waals surface area contributed by atoms with Gasteiger partial charge in [0.2, 0.25) is 11.7 Å². The Morgan fingerprint density at radius 1 is 0.906 bits per heavy atom. The molecular weight excluding hydrogens is 420 g/mol. The Bertz CT molecular complexity index is 1340. The molecule has 0 unspecified atom stereocenters. The summed E-state index contributed by atoms with van der Waals surface area (Å²) in [6.07, 6.45) is 1.61. The molecule has 0 bridgehead atoms. The van der Waals surface area contributed by atoms with E-state index in [9.17, 15) is 4.79 Å². The monoisotopic (exact) mass is 440 g/mol. The molecular formula is C25H20N4O2S. The van der Waals surface area contributed by atoms with E-state index in [1.54, 1.807) is 6.26 Å². The summed E-state index contributed by atoms with van der Waals surface area (Å²) in [5.41, 5.74) is 1.91. The maximum absolute atomic E-state index is 12.7. The lowest BCUT2D eigenvalue weighted by atomic mass is 10.1. The lowest BCUT2D eigenvalue weighted by Crippen LogP contribution is -2.15. The molecule has 2 aromatic heterocycles. The van der Waals surface area contributed by atoms with Gasteiger partial charge in [0.05, 0.1) is 18.6 Å². The van der Waals surface area contributed by atoms with Crippen LogP contribution in [0.25, 0.3) is 22.4 Å². The Morgan fingerprint density at radius 2 is 1.72 bits per heavy atom. The van der Waals surface area contributed by atoms with Crippen molar-refractivity contribution in [3.05, 3.63) is 96.8 Å². The number of nitrogens with one attached hydrogen (secondary N) is 1. The lowest BCUT2D eigenvalue weighted by Gasteiger charge is -2.10. The highest BCUT2D eigenvalue weighted by Gasteiger charge is 2.18. The van der Waals surface area contributed by atoms with E-state index in [0.717, 1.165) is 22.0 Å². The minimum absolute atomic E-state index is 0.0971. The fraction of sp³-hybridized carbons (Fsp3) is 0.0800. The molecule has 0 saturated heterocycles. The van der Waals surface area contributed by atoms with Gasteiger partial charge in [0.25, 0.3) is 0 Å². The summed E-state index contributed by atoms with van der Waals surface area (Å²) in [5, 5.41) is 14.4. The largest absolute Gasteiger partial charge is 0.461 e. The summed E-state index contributed by atoms with van der Waals surface area (Å²) in [6, 6.07) is 27.6. The van der Waals surface area contributed by atoms with E-state index in [1.165, 1.54) is 11.8 Å². The normalized spacial score (nSPS) is 11.0. The molecule has 0 aliphatic rings. The molecule has 0 atom stereocenters. The average Bonchev–Trinajstić information content (AvgIpc) is 3.49. The summed E-state index contributed by atoms with van der Waals surface area (Å²) in [4.78, 5) is 12.7. The predicted octanol–water partition coefficient (Wildman–Crippen LogP) is 5.47. The smallest absolute Gasteiger partial charge is 0.234 e. The van der Waals surface area contributed by atoms with Crippen LogP contribution in [0.5, 0.6) is 0 Å². The van der Waals surface area contributed by atoms with E-state index in [4.69, 9.17) is 4.42 Å². The number of benzene rings is 3. The Balaban J connectivity index is 1.35. The van der Waals surface area contributed by atoms with Gasteiger partial charge in [-0.2, -0.15) is 0 Å². The van der Waals surface area contributed by atoms with Crippen molar-refractivity contribution >= 4 is 34.1 Å². The van der Waals surface area contributed by atoms with Crippen LogP contribution in [0.3, 0.4) is 0 Å². The van der Waals surface area contributed by atoms with E-state index >= 15 is 0 Å². The topological polar surface area (TPSA) is 73.0 Å². The summed E-state index contributed by atoms with van der Waals surface area (Å²) in [7, 11) is 0. The van der Waals surface area contributed by atoms with Crippen molar-refractivity contribution in [1.29, 1.82) is 0 Å². The predicted molar refractivity (Wildman–Crippen MR) is 127 cm³/mol. The average molecular weight is 441 g/mol. The summed E-state index contributed by atoms with van der Waals surface area (Å²) in [5.74, 6) is 1.39. The fourth-order valence-electron chi connectivity index (χ4n) is 3.54. The maximum atomic E-state index is 12.7. The molecule has 5 aromatic rings. The van der Waals surface area contributed by atoms with Gasteiger partial charge in [-0.25, -0.2) is 0 Å². The van der Waals surface area contributed by atoms with Crippen LogP contribution < -0.4 is 5.32 Å². The molecule has 0 radical (unpaired) electrons. The fourth-order valence-corrected chi connectivity index (χ4v) is 4.28. The SMILES string of the molecule is O=C(CSc1nnc(-c2ccco2)n1Cc1ccccc1)Nc1cccc2ccccc12. The number of hydrogen-bond acceptors (Lipinski definition) is 5. The molecule has 158 valence electrons. The first kappa shape index (κ1) is 20.1. The van der Waals surface area contributed by atoms with Crippen molar-refractivity contribution in [2.45, 2.75) is 11.7 Å². The van der Waals surface area contributed by atoms with Crippen molar-refractivity contribution in [3.8, 4) is 11.6 Å². The van der Waals surface area contributed by atoms with Gasteiger partial charge >= 0.3 is 0 Å². The van der Waals surface area contributed by atoms with Gasteiger partial charge in [-0.1, -0.05) is 78.5 Å². The number of furan rings is 1. The summed E-state index contributed by atoms with van der Waals surface area (Å²) >= 11 is 1.35. The zero-order valence-electron chi connectivity index (χ0n) is 17.1. The van der Waals surface area contributed by atoms with Gasteiger partial charge in [-0.15, -0.1) is 10.2 Å². The number of rotatable bonds is 7. The second-order valence-electron chi connectivity index (χ2n) is 7.22. The van der Waals surface area contributed by atoms with Crippen molar-refractivity contribution < 1.29 is 9.21 Å². The third kappa shape index (κ3) is 4.29. The molecule has 0 fully saturated rings. The quantitative estimate of drug-likeness (QED) is 0.340. The van der Waals surface area contributed by atoms with Gasteiger partial charge in [-0.3, -0.25) is 9.36 Å². The molecule has 32 heavy (non-hydrogen) atoms. The van der Waals surface area contributed by atoms with Gasteiger partial charge < -0.3 is 9.73 Å². The molecule has 0 aliphatic carbocycles. The third-order valence-electron chi connectivity index (χ3n) is 5.04. The first-order chi connectivity index (χ1) is 15.8. The van der Waals surface area contributed by atoms with Gasteiger partial charge in [0, 0.05) is 11.1 Å². The van der Waals surface area contributed by atoms with E-state index in [2.05, 4.69) is 15.5 Å². The zero-order chi connectivity index (χ0) is 21.8. The molecule has 6 nitrogen and oxygen atoms in total. The number of carbonyl (C=O) groups excluding carboxylic acids is 1. The Hall–Kier alpha value is -3.84. The molecule has 1 N–H and O–H groups in total.